The Bertz CT molecular complexity index is 885. The third-order valence-electron chi connectivity index (χ3n) is 4.43. The number of benzene rings is 1. The van der Waals surface area contributed by atoms with Crippen molar-refractivity contribution in [2.75, 3.05) is 31.8 Å². The summed E-state index contributed by atoms with van der Waals surface area (Å²) in [6.45, 7) is 2.88. The Morgan fingerprint density at radius 1 is 1.15 bits per heavy atom. The van der Waals surface area contributed by atoms with Gasteiger partial charge < -0.3 is 19.9 Å². The normalized spacial score (nSPS) is 11.1. The van der Waals surface area contributed by atoms with Crippen LogP contribution >= 0.6 is 0 Å². The number of methoxy groups -OCH3 is 1. The minimum absolute atomic E-state index is 0.372. The third kappa shape index (κ3) is 3.42. The van der Waals surface area contributed by atoms with Gasteiger partial charge in [0.1, 0.15) is 22.6 Å². The summed E-state index contributed by atoms with van der Waals surface area (Å²) in [6, 6.07) is 8.09. The average molecular weight is 354 g/mol. The van der Waals surface area contributed by atoms with Gasteiger partial charge in [-0.15, -0.1) is 10.2 Å². The first kappa shape index (κ1) is 18.0. The molecule has 0 saturated heterocycles. The van der Waals surface area contributed by atoms with Gasteiger partial charge in [0.15, 0.2) is 11.6 Å². The molecule has 2 heterocycles. The van der Waals surface area contributed by atoms with Crippen molar-refractivity contribution in [1.29, 1.82) is 0 Å². The number of aryl methyl sites for hydroxylation is 1. The summed E-state index contributed by atoms with van der Waals surface area (Å²) >= 11 is 0. The van der Waals surface area contributed by atoms with E-state index in [0.717, 1.165) is 47.7 Å². The number of hydrogen-bond acceptors (Lipinski definition) is 6. The molecule has 3 rings (SSSR count). The highest BCUT2D eigenvalue weighted by atomic mass is 16.5. The summed E-state index contributed by atoms with van der Waals surface area (Å²) in [4.78, 5) is 6.76. The summed E-state index contributed by atoms with van der Waals surface area (Å²) in [6.07, 6.45) is 3.08. The van der Waals surface area contributed by atoms with Crippen LogP contribution in [0.1, 0.15) is 31.2 Å². The number of nitrogen functional groups attached to an aromatic ring is 1. The molecule has 7 heteroatoms. The summed E-state index contributed by atoms with van der Waals surface area (Å²) in [5.41, 5.74) is 8.91. The number of hydrogen-bond donors (Lipinski definition) is 1. The van der Waals surface area contributed by atoms with Gasteiger partial charge in [0.25, 0.3) is 0 Å². The average Bonchev–Trinajstić information content (AvgIpc) is 3.00. The second kappa shape index (κ2) is 7.59. The summed E-state index contributed by atoms with van der Waals surface area (Å²) in [5.74, 6) is 3.01. The molecule has 1 aromatic carbocycles. The first-order valence-electron chi connectivity index (χ1n) is 8.86. The van der Waals surface area contributed by atoms with Crippen LogP contribution in [0.2, 0.25) is 0 Å². The van der Waals surface area contributed by atoms with Crippen LogP contribution in [0.15, 0.2) is 24.3 Å². The first-order valence-corrected chi connectivity index (χ1v) is 8.86. The minimum atomic E-state index is 0.372. The largest absolute Gasteiger partial charge is 0.497 e. The number of unbranched alkanes of at least 4 members (excludes halogenated alkanes) is 1. The summed E-state index contributed by atoms with van der Waals surface area (Å²) in [5, 5.41) is 8.39. The van der Waals surface area contributed by atoms with Gasteiger partial charge >= 0.3 is 0 Å². The number of nitrogens with two attached hydrogens (primary N) is 1. The van der Waals surface area contributed by atoms with Crippen LogP contribution in [0.5, 0.6) is 5.75 Å². The highest BCUT2D eigenvalue weighted by Crippen LogP contribution is 2.29. The van der Waals surface area contributed by atoms with Gasteiger partial charge in [0, 0.05) is 27.1 Å². The second-order valence-corrected chi connectivity index (χ2v) is 6.57. The number of imidazole rings is 1. The second-order valence-electron chi connectivity index (χ2n) is 6.57. The lowest BCUT2D eigenvalue weighted by molar-refractivity contribution is 0.414. The molecule has 0 atom stereocenters. The zero-order valence-corrected chi connectivity index (χ0v) is 15.9. The minimum Gasteiger partial charge on any atom is -0.497 e. The van der Waals surface area contributed by atoms with E-state index < -0.39 is 0 Å². The van der Waals surface area contributed by atoms with Crippen molar-refractivity contribution in [3.63, 3.8) is 0 Å². The number of nitrogens with zero attached hydrogens (tertiary/aromatic N) is 5. The number of ether oxygens (including phenoxy) is 1. The molecule has 0 bridgehead atoms. The Kier molecular flexibility index (Phi) is 5.25. The van der Waals surface area contributed by atoms with Crippen molar-refractivity contribution in [2.24, 2.45) is 0 Å². The molecule has 7 nitrogen and oxygen atoms in total. The SMILES string of the molecule is CCCCc1nc2c(N)nnc(N(C)C)c2n1Cc1ccc(OC)cc1. The van der Waals surface area contributed by atoms with Crippen LogP contribution in [-0.2, 0) is 13.0 Å². The molecular weight excluding hydrogens is 328 g/mol. The molecule has 0 spiro atoms. The Morgan fingerprint density at radius 3 is 2.50 bits per heavy atom. The third-order valence-corrected chi connectivity index (χ3v) is 4.43. The van der Waals surface area contributed by atoms with Crippen molar-refractivity contribution in [2.45, 2.75) is 32.7 Å². The van der Waals surface area contributed by atoms with Gasteiger partial charge in [-0.1, -0.05) is 25.5 Å². The fraction of sp³-hybridized carbons (Fsp3) is 0.421. The van der Waals surface area contributed by atoms with Gasteiger partial charge in [-0.2, -0.15) is 0 Å². The van der Waals surface area contributed by atoms with Crippen molar-refractivity contribution < 1.29 is 4.74 Å². The lowest BCUT2D eigenvalue weighted by Gasteiger charge is -2.15. The molecule has 3 aromatic rings. The summed E-state index contributed by atoms with van der Waals surface area (Å²) in [7, 11) is 5.58. The Hall–Kier alpha value is -2.83. The lowest BCUT2D eigenvalue weighted by atomic mass is 10.2. The van der Waals surface area contributed by atoms with E-state index in [1.165, 1.54) is 5.56 Å². The van der Waals surface area contributed by atoms with E-state index in [0.29, 0.717) is 12.4 Å². The topological polar surface area (TPSA) is 82.1 Å². The standard InChI is InChI=1S/C19H26N6O/c1-5-6-7-15-21-16-17(19(24(2)3)23-22-18(16)20)25(15)12-13-8-10-14(26-4)11-9-13/h8-11H,5-7,12H2,1-4H3,(H2,20,22). The van der Waals surface area contributed by atoms with Gasteiger partial charge in [-0.3, -0.25) is 0 Å². The maximum atomic E-state index is 6.08. The van der Waals surface area contributed by atoms with E-state index in [1.807, 2.05) is 31.1 Å². The van der Waals surface area contributed by atoms with Gasteiger partial charge in [-0.25, -0.2) is 4.98 Å². The quantitative estimate of drug-likeness (QED) is 0.702. The molecule has 0 radical (unpaired) electrons. The molecule has 0 aliphatic heterocycles. The van der Waals surface area contributed by atoms with Crippen molar-refractivity contribution in [3.8, 4) is 5.75 Å². The molecule has 0 saturated carbocycles. The van der Waals surface area contributed by atoms with E-state index in [4.69, 9.17) is 15.5 Å². The predicted molar refractivity (Wildman–Crippen MR) is 105 cm³/mol. The number of fused-ring (bicyclic) bond motifs is 1. The molecule has 0 fully saturated rings. The molecule has 2 aromatic heterocycles. The van der Waals surface area contributed by atoms with Crippen LogP contribution in [0.4, 0.5) is 11.6 Å². The number of aromatic nitrogens is 4. The lowest BCUT2D eigenvalue weighted by Crippen LogP contribution is -2.15. The Balaban J connectivity index is 2.13. The Morgan fingerprint density at radius 2 is 1.88 bits per heavy atom. The number of anilines is 2. The first-order chi connectivity index (χ1) is 12.5. The molecule has 0 aliphatic rings. The highest BCUT2D eigenvalue weighted by Gasteiger charge is 2.19. The predicted octanol–water partition coefficient (Wildman–Crippen LogP) is 2.87. The summed E-state index contributed by atoms with van der Waals surface area (Å²) < 4.78 is 7.47. The van der Waals surface area contributed by atoms with Crippen LogP contribution < -0.4 is 15.4 Å². The molecular formula is C19H26N6O. The number of rotatable bonds is 7. The fourth-order valence-corrected chi connectivity index (χ4v) is 3.01. The van der Waals surface area contributed by atoms with Gasteiger partial charge in [-0.05, 0) is 24.1 Å². The van der Waals surface area contributed by atoms with Crippen molar-refractivity contribution in [3.05, 3.63) is 35.7 Å². The highest BCUT2D eigenvalue weighted by molar-refractivity contribution is 5.93. The van der Waals surface area contributed by atoms with Crippen LogP contribution in [0.25, 0.3) is 11.0 Å². The zero-order chi connectivity index (χ0) is 18.7. The molecule has 0 amide bonds. The monoisotopic (exact) mass is 354 g/mol. The van der Waals surface area contributed by atoms with Gasteiger partial charge in [0.05, 0.1) is 7.11 Å². The molecule has 0 aliphatic carbocycles. The molecule has 2 N–H and O–H groups in total. The van der Waals surface area contributed by atoms with Crippen molar-refractivity contribution in [1.82, 2.24) is 19.7 Å². The van der Waals surface area contributed by atoms with Crippen molar-refractivity contribution >= 4 is 22.7 Å². The zero-order valence-electron chi connectivity index (χ0n) is 15.9. The maximum Gasteiger partial charge on any atom is 0.177 e. The molecule has 0 unspecified atom stereocenters. The van der Waals surface area contributed by atoms with E-state index in [9.17, 15) is 0 Å². The van der Waals surface area contributed by atoms with E-state index in [-0.39, 0.29) is 0 Å². The van der Waals surface area contributed by atoms with E-state index in [1.54, 1.807) is 7.11 Å². The van der Waals surface area contributed by atoms with E-state index >= 15 is 0 Å². The Labute approximate surface area is 153 Å². The van der Waals surface area contributed by atoms with Crippen LogP contribution in [0.3, 0.4) is 0 Å². The molecule has 26 heavy (non-hydrogen) atoms. The van der Waals surface area contributed by atoms with Gasteiger partial charge in [0.2, 0.25) is 0 Å². The maximum absolute atomic E-state index is 6.08. The smallest absolute Gasteiger partial charge is 0.177 e. The molecule has 138 valence electrons. The van der Waals surface area contributed by atoms with Crippen LogP contribution in [-0.4, -0.2) is 41.0 Å². The van der Waals surface area contributed by atoms with Crippen LogP contribution in [0, 0.1) is 0 Å². The fourth-order valence-electron chi connectivity index (χ4n) is 3.01. The van der Waals surface area contributed by atoms with E-state index in [2.05, 4.69) is 33.8 Å².